The van der Waals surface area contributed by atoms with E-state index >= 15 is 0 Å². The van der Waals surface area contributed by atoms with Crippen LogP contribution in [0.15, 0.2) is 65.3 Å². The van der Waals surface area contributed by atoms with Crippen LogP contribution >= 0.6 is 0 Å². The number of benzene rings is 2. The van der Waals surface area contributed by atoms with Gasteiger partial charge in [-0.15, -0.1) is 0 Å². The van der Waals surface area contributed by atoms with Crippen LogP contribution in [0.4, 0.5) is 24.5 Å². The van der Waals surface area contributed by atoms with Crippen molar-refractivity contribution in [3.63, 3.8) is 0 Å². The van der Waals surface area contributed by atoms with E-state index in [1.54, 1.807) is 6.07 Å². The topological polar surface area (TPSA) is 82.8 Å². The van der Waals surface area contributed by atoms with Crippen molar-refractivity contribution in [1.82, 2.24) is 0 Å². The standard InChI is InChI=1S/C27H23F3N2O4/c28-27(29,30)18-7-9-20-17(10-11-32(23(20)14-18)26(35)24-5-2-12-36-24)13-25(34)31-22-4-1-3-16-6-8-19(33)15-21(16)22/h1-5,7,9,12-14,19,33H,6,8,10-11,15H2,(H,31,34). The van der Waals surface area contributed by atoms with Gasteiger partial charge in [0.15, 0.2) is 5.76 Å². The van der Waals surface area contributed by atoms with Gasteiger partial charge in [0.25, 0.3) is 5.91 Å². The molecule has 9 heteroatoms. The molecule has 1 atom stereocenters. The van der Waals surface area contributed by atoms with Gasteiger partial charge in [-0.25, -0.2) is 0 Å². The zero-order valence-electron chi connectivity index (χ0n) is 19.1. The fourth-order valence-electron chi connectivity index (χ4n) is 4.80. The van der Waals surface area contributed by atoms with Crippen molar-refractivity contribution in [2.75, 3.05) is 16.8 Å². The molecule has 1 unspecified atom stereocenters. The number of amides is 2. The minimum atomic E-state index is -4.59. The number of halogens is 3. The second kappa shape index (κ2) is 9.31. The molecule has 36 heavy (non-hydrogen) atoms. The van der Waals surface area contributed by atoms with E-state index in [-0.39, 0.29) is 24.4 Å². The Morgan fingerprint density at radius 2 is 1.94 bits per heavy atom. The molecule has 0 bridgehead atoms. The fourth-order valence-corrected chi connectivity index (χ4v) is 4.80. The molecule has 0 saturated heterocycles. The summed E-state index contributed by atoms with van der Waals surface area (Å²) in [5.74, 6) is -0.978. The normalized spacial score (nSPS) is 18.5. The van der Waals surface area contributed by atoms with Crippen molar-refractivity contribution in [3.05, 3.63) is 88.9 Å². The lowest BCUT2D eigenvalue weighted by molar-refractivity contribution is -0.137. The van der Waals surface area contributed by atoms with Crippen LogP contribution < -0.4 is 10.2 Å². The molecule has 0 saturated carbocycles. The number of fused-ring (bicyclic) bond motifs is 2. The molecule has 6 nitrogen and oxygen atoms in total. The second-order valence-electron chi connectivity index (χ2n) is 8.91. The summed E-state index contributed by atoms with van der Waals surface area (Å²) >= 11 is 0. The molecule has 1 aliphatic carbocycles. The van der Waals surface area contributed by atoms with Crippen molar-refractivity contribution >= 4 is 28.8 Å². The van der Waals surface area contributed by atoms with Gasteiger partial charge >= 0.3 is 6.18 Å². The van der Waals surface area contributed by atoms with Crippen LogP contribution in [-0.2, 0) is 23.8 Å². The van der Waals surface area contributed by atoms with Crippen molar-refractivity contribution < 1.29 is 32.3 Å². The number of rotatable bonds is 3. The van der Waals surface area contributed by atoms with Crippen LogP contribution in [0.5, 0.6) is 0 Å². The smallest absolute Gasteiger partial charge is 0.416 e. The van der Waals surface area contributed by atoms with Gasteiger partial charge in [0.1, 0.15) is 0 Å². The monoisotopic (exact) mass is 496 g/mol. The third-order valence-corrected chi connectivity index (χ3v) is 6.57. The number of furan rings is 1. The number of aliphatic hydroxyl groups excluding tert-OH is 1. The Morgan fingerprint density at radius 3 is 2.69 bits per heavy atom. The first-order valence-corrected chi connectivity index (χ1v) is 11.6. The molecule has 2 aliphatic rings. The Balaban J connectivity index is 1.47. The number of aryl methyl sites for hydroxylation is 1. The summed E-state index contributed by atoms with van der Waals surface area (Å²) in [6.07, 6.45) is -0.294. The maximum Gasteiger partial charge on any atom is 0.416 e. The molecule has 1 aromatic heterocycles. The summed E-state index contributed by atoms with van der Waals surface area (Å²) in [6.45, 7) is 0.0832. The Labute approximate surface area is 205 Å². The highest BCUT2D eigenvalue weighted by Gasteiger charge is 2.34. The molecule has 2 heterocycles. The lowest BCUT2D eigenvalue weighted by atomic mass is 9.88. The average molecular weight is 496 g/mol. The van der Waals surface area contributed by atoms with E-state index in [4.69, 9.17) is 4.42 Å². The summed E-state index contributed by atoms with van der Waals surface area (Å²) < 4.78 is 45.5. The predicted molar refractivity (Wildman–Crippen MR) is 128 cm³/mol. The molecule has 1 aliphatic heterocycles. The molecule has 2 amide bonds. The summed E-state index contributed by atoms with van der Waals surface area (Å²) in [7, 11) is 0. The first kappa shape index (κ1) is 23.9. The van der Waals surface area contributed by atoms with Gasteiger partial charge in [-0.05, 0) is 66.3 Å². The van der Waals surface area contributed by atoms with E-state index in [0.717, 1.165) is 29.7 Å². The highest BCUT2D eigenvalue weighted by atomic mass is 19.4. The third-order valence-electron chi connectivity index (χ3n) is 6.57. The summed E-state index contributed by atoms with van der Waals surface area (Å²) in [5.41, 5.74) is 2.62. The van der Waals surface area contributed by atoms with Crippen molar-refractivity contribution in [3.8, 4) is 0 Å². The molecular weight excluding hydrogens is 473 g/mol. The number of alkyl halides is 3. The van der Waals surface area contributed by atoms with Crippen LogP contribution in [0.1, 0.15) is 45.7 Å². The van der Waals surface area contributed by atoms with Crippen molar-refractivity contribution in [2.24, 2.45) is 0 Å². The molecule has 0 spiro atoms. The molecule has 5 rings (SSSR count). The van der Waals surface area contributed by atoms with Crippen LogP contribution in [0.2, 0.25) is 0 Å². The van der Waals surface area contributed by atoms with Gasteiger partial charge in [-0.2, -0.15) is 13.2 Å². The zero-order chi connectivity index (χ0) is 25.4. The average Bonchev–Trinajstić information content (AvgIpc) is 3.38. The number of anilines is 2. The van der Waals surface area contributed by atoms with E-state index in [1.165, 1.54) is 35.4 Å². The Bertz CT molecular complexity index is 1350. The van der Waals surface area contributed by atoms with Gasteiger partial charge in [0, 0.05) is 30.3 Å². The quantitative estimate of drug-likeness (QED) is 0.487. The number of nitrogens with zero attached hydrogens (tertiary/aromatic N) is 1. The van der Waals surface area contributed by atoms with E-state index in [1.807, 2.05) is 12.1 Å². The minimum Gasteiger partial charge on any atom is -0.459 e. The van der Waals surface area contributed by atoms with Crippen molar-refractivity contribution in [2.45, 2.75) is 38.0 Å². The predicted octanol–water partition coefficient (Wildman–Crippen LogP) is 5.22. The summed E-state index contributed by atoms with van der Waals surface area (Å²) in [5, 5.41) is 12.9. The number of hydrogen-bond acceptors (Lipinski definition) is 4. The van der Waals surface area contributed by atoms with E-state index in [0.29, 0.717) is 29.7 Å². The molecule has 0 fully saturated rings. The highest BCUT2D eigenvalue weighted by Crippen LogP contribution is 2.40. The SMILES string of the molecule is O=C(C=C1CCN(C(=O)c2ccco2)c2cc(C(F)(F)F)ccc21)Nc1cccc2c1CC(O)CC2. The first-order chi connectivity index (χ1) is 17.2. The molecule has 2 aromatic carbocycles. The molecule has 0 radical (unpaired) electrons. The van der Waals surface area contributed by atoms with Crippen LogP contribution in [0, 0.1) is 0 Å². The lowest BCUT2D eigenvalue weighted by Gasteiger charge is -2.31. The fraction of sp³-hybridized carbons (Fsp3) is 0.259. The first-order valence-electron chi connectivity index (χ1n) is 11.6. The number of hydrogen-bond donors (Lipinski definition) is 2. The lowest BCUT2D eigenvalue weighted by Crippen LogP contribution is -2.35. The van der Waals surface area contributed by atoms with Gasteiger partial charge in [-0.3, -0.25) is 9.59 Å². The number of aliphatic hydroxyl groups is 1. The highest BCUT2D eigenvalue weighted by molar-refractivity contribution is 6.10. The van der Waals surface area contributed by atoms with E-state index < -0.39 is 29.7 Å². The van der Waals surface area contributed by atoms with Gasteiger partial charge in [0.2, 0.25) is 5.91 Å². The second-order valence-corrected chi connectivity index (χ2v) is 8.91. The Morgan fingerprint density at radius 1 is 1.11 bits per heavy atom. The van der Waals surface area contributed by atoms with Gasteiger partial charge in [-0.1, -0.05) is 18.2 Å². The van der Waals surface area contributed by atoms with E-state index in [2.05, 4.69) is 5.32 Å². The maximum atomic E-state index is 13.5. The molecule has 2 N–H and O–H groups in total. The summed E-state index contributed by atoms with van der Waals surface area (Å²) in [4.78, 5) is 27.2. The maximum absolute atomic E-state index is 13.5. The van der Waals surface area contributed by atoms with Crippen LogP contribution in [0.3, 0.4) is 0 Å². The number of carbonyl (C=O) groups excluding carboxylic acids is 2. The molecule has 186 valence electrons. The molecular formula is C27H23F3N2O4. The summed E-state index contributed by atoms with van der Waals surface area (Å²) in [6, 6.07) is 11.7. The Hall–Kier alpha value is -3.85. The van der Waals surface area contributed by atoms with Crippen LogP contribution in [0.25, 0.3) is 5.57 Å². The zero-order valence-corrected chi connectivity index (χ0v) is 19.1. The minimum absolute atomic E-state index is 0.0135. The Kier molecular flexibility index (Phi) is 6.17. The van der Waals surface area contributed by atoms with Gasteiger partial charge in [0.05, 0.1) is 23.6 Å². The van der Waals surface area contributed by atoms with E-state index in [9.17, 15) is 27.9 Å². The van der Waals surface area contributed by atoms with Crippen molar-refractivity contribution in [1.29, 1.82) is 0 Å². The van der Waals surface area contributed by atoms with Crippen LogP contribution in [-0.4, -0.2) is 29.6 Å². The van der Waals surface area contributed by atoms with Gasteiger partial charge < -0.3 is 19.7 Å². The third kappa shape index (κ3) is 4.66. The largest absolute Gasteiger partial charge is 0.459 e. The molecule has 3 aromatic rings. The number of carbonyl (C=O) groups is 2. The number of nitrogens with one attached hydrogen (secondary N) is 1.